The zero-order valence-corrected chi connectivity index (χ0v) is 9.40. The Balaban J connectivity index is 2.75. The highest BCUT2D eigenvalue weighted by Crippen LogP contribution is 2.39. The van der Waals surface area contributed by atoms with Gasteiger partial charge in [0, 0.05) is 12.3 Å². The van der Waals surface area contributed by atoms with E-state index in [-0.39, 0.29) is 0 Å². The van der Waals surface area contributed by atoms with Crippen molar-refractivity contribution in [2.24, 2.45) is 10.7 Å². The topological polar surface area (TPSA) is 73.9 Å². The number of ether oxygens (including phenoxy) is 2. The maximum atomic E-state index is 10.3. The normalized spacial score (nSPS) is 22.3. The molecule has 5 nitrogen and oxygen atoms in total. The Morgan fingerprint density at radius 2 is 1.73 bits per heavy atom. The first-order valence-corrected chi connectivity index (χ1v) is 4.66. The van der Waals surface area contributed by atoms with Gasteiger partial charge in [0.15, 0.2) is 0 Å². The highest BCUT2D eigenvalue weighted by molar-refractivity contribution is 5.86. The van der Waals surface area contributed by atoms with Gasteiger partial charge in [-0.05, 0) is 27.7 Å². The van der Waals surface area contributed by atoms with E-state index in [2.05, 4.69) is 4.99 Å². The van der Waals surface area contributed by atoms with Gasteiger partial charge in [0.25, 0.3) is 5.95 Å². The van der Waals surface area contributed by atoms with Crippen LogP contribution in [0.2, 0.25) is 0 Å². The molecule has 1 saturated heterocycles. The van der Waals surface area contributed by atoms with Crippen LogP contribution in [0.3, 0.4) is 0 Å². The number of hydrogen-bond acceptors (Lipinski definition) is 3. The molecule has 15 heavy (non-hydrogen) atoms. The van der Waals surface area contributed by atoms with Gasteiger partial charge >= 0.3 is 6.03 Å². The van der Waals surface area contributed by atoms with Crippen LogP contribution in [0.1, 0.15) is 27.7 Å². The fraction of sp³-hybridized carbons (Fsp3) is 0.600. The molecule has 5 heteroatoms. The van der Waals surface area contributed by atoms with Gasteiger partial charge in [0.1, 0.15) is 11.2 Å². The maximum Gasteiger partial charge on any atom is 0.338 e. The molecule has 2 N–H and O–H groups in total. The second-order valence-electron chi connectivity index (χ2n) is 4.33. The molecule has 1 aliphatic rings. The van der Waals surface area contributed by atoms with Gasteiger partial charge < -0.3 is 15.2 Å². The van der Waals surface area contributed by atoms with Gasteiger partial charge in [-0.1, -0.05) is 0 Å². The van der Waals surface area contributed by atoms with E-state index in [4.69, 9.17) is 15.2 Å². The van der Waals surface area contributed by atoms with Gasteiger partial charge in [-0.3, -0.25) is 0 Å². The van der Waals surface area contributed by atoms with Crippen molar-refractivity contribution in [3.8, 4) is 0 Å². The van der Waals surface area contributed by atoms with E-state index in [0.29, 0.717) is 5.95 Å². The van der Waals surface area contributed by atoms with Crippen molar-refractivity contribution in [1.82, 2.24) is 0 Å². The minimum atomic E-state index is -0.747. The molecule has 2 amide bonds. The minimum absolute atomic E-state index is 0.343. The van der Waals surface area contributed by atoms with E-state index in [1.165, 1.54) is 12.3 Å². The number of carbonyl (C=O) groups excluding carboxylic acids is 1. The Morgan fingerprint density at radius 3 is 2.13 bits per heavy atom. The van der Waals surface area contributed by atoms with Crippen LogP contribution < -0.4 is 5.73 Å². The third-order valence-corrected chi connectivity index (χ3v) is 2.57. The number of primary amides is 1. The standard InChI is InChI=1S/C10H16N2O3/c1-9(2)10(3,4)15-7(14-9)5-6-12-8(11)13/h5-6H,1-4H3,(H2,11,13)/b12-6+. The van der Waals surface area contributed by atoms with E-state index in [9.17, 15) is 4.79 Å². The van der Waals surface area contributed by atoms with Gasteiger partial charge in [-0.15, -0.1) is 0 Å². The summed E-state index contributed by atoms with van der Waals surface area (Å²) in [6, 6.07) is -0.747. The molecule has 0 radical (unpaired) electrons. The first-order valence-electron chi connectivity index (χ1n) is 4.66. The number of carbonyl (C=O) groups is 1. The molecular weight excluding hydrogens is 196 g/mol. The summed E-state index contributed by atoms with van der Waals surface area (Å²) in [5.41, 5.74) is 4.00. The monoisotopic (exact) mass is 212 g/mol. The van der Waals surface area contributed by atoms with Gasteiger partial charge in [-0.2, -0.15) is 0 Å². The maximum absolute atomic E-state index is 10.3. The van der Waals surface area contributed by atoms with Crippen LogP contribution in [-0.2, 0) is 9.47 Å². The molecule has 0 saturated carbocycles. The summed E-state index contributed by atoms with van der Waals surface area (Å²) in [6.45, 7) is 7.72. The lowest BCUT2D eigenvalue weighted by Crippen LogP contribution is -2.41. The fourth-order valence-corrected chi connectivity index (χ4v) is 1.01. The molecule has 0 aromatic carbocycles. The number of hydrogen-bond donors (Lipinski definition) is 1. The van der Waals surface area contributed by atoms with Crippen molar-refractivity contribution in [1.29, 1.82) is 0 Å². The van der Waals surface area contributed by atoms with Crippen LogP contribution in [-0.4, -0.2) is 23.4 Å². The molecular formula is C10H16N2O3. The second kappa shape index (κ2) is 3.56. The Labute approximate surface area is 89.0 Å². The molecule has 1 fully saturated rings. The summed E-state index contributed by atoms with van der Waals surface area (Å²) in [5.74, 6) is 0.343. The summed E-state index contributed by atoms with van der Waals surface area (Å²) in [5, 5.41) is 0. The Bertz CT molecular complexity index is 312. The van der Waals surface area contributed by atoms with Gasteiger partial charge in [0.05, 0.1) is 0 Å². The summed E-state index contributed by atoms with van der Waals surface area (Å²) >= 11 is 0. The molecule has 0 atom stereocenters. The van der Waals surface area contributed by atoms with E-state index in [1.807, 2.05) is 27.7 Å². The molecule has 1 aliphatic heterocycles. The van der Waals surface area contributed by atoms with Crippen LogP contribution in [0.5, 0.6) is 0 Å². The zero-order chi connectivity index (χ0) is 11.7. The molecule has 0 aliphatic carbocycles. The number of urea groups is 1. The largest absolute Gasteiger partial charge is 0.455 e. The summed E-state index contributed by atoms with van der Waals surface area (Å²) in [7, 11) is 0. The molecule has 0 bridgehead atoms. The number of rotatable bonds is 1. The van der Waals surface area contributed by atoms with Crippen molar-refractivity contribution >= 4 is 12.2 Å². The predicted octanol–water partition coefficient (Wildman–Crippen LogP) is 1.58. The van der Waals surface area contributed by atoms with Crippen LogP contribution in [0.25, 0.3) is 0 Å². The van der Waals surface area contributed by atoms with Crippen LogP contribution >= 0.6 is 0 Å². The van der Waals surface area contributed by atoms with Crippen molar-refractivity contribution < 1.29 is 14.3 Å². The summed E-state index contributed by atoms with van der Waals surface area (Å²) in [6.07, 6.45) is 2.73. The molecule has 0 aromatic heterocycles. The molecule has 1 heterocycles. The van der Waals surface area contributed by atoms with Crippen LogP contribution in [0.15, 0.2) is 17.0 Å². The Hall–Kier alpha value is -1.52. The molecule has 84 valence electrons. The zero-order valence-electron chi connectivity index (χ0n) is 9.40. The molecule has 0 unspecified atom stereocenters. The third-order valence-electron chi connectivity index (χ3n) is 2.57. The van der Waals surface area contributed by atoms with Crippen molar-refractivity contribution in [2.75, 3.05) is 0 Å². The lowest BCUT2D eigenvalue weighted by atomic mass is 9.90. The van der Waals surface area contributed by atoms with E-state index < -0.39 is 17.2 Å². The molecule has 0 aromatic rings. The first-order chi connectivity index (χ1) is 6.74. The lowest BCUT2D eigenvalue weighted by Gasteiger charge is -2.28. The van der Waals surface area contributed by atoms with E-state index >= 15 is 0 Å². The number of amides is 2. The van der Waals surface area contributed by atoms with Crippen LogP contribution in [0.4, 0.5) is 4.79 Å². The van der Waals surface area contributed by atoms with Crippen LogP contribution in [0, 0.1) is 0 Å². The first kappa shape index (κ1) is 11.6. The SMILES string of the molecule is CC1(C)OC(=C/C=N/C(N)=O)OC1(C)C. The highest BCUT2D eigenvalue weighted by atomic mass is 16.7. The summed E-state index contributed by atoms with van der Waals surface area (Å²) < 4.78 is 11.1. The fourth-order valence-electron chi connectivity index (χ4n) is 1.01. The van der Waals surface area contributed by atoms with E-state index in [0.717, 1.165) is 0 Å². The van der Waals surface area contributed by atoms with Crippen molar-refractivity contribution in [3.05, 3.63) is 12.0 Å². The Morgan fingerprint density at radius 1 is 1.27 bits per heavy atom. The Kier molecular flexibility index (Phi) is 2.75. The second-order valence-corrected chi connectivity index (χ2v) is 4.33. The summed E-state index contributed by atoms with van der Waals surface area (Å²) in [4.78, 5) is 13.7. The predicted molar refractivity (Wildman–Crippen MR) is 56.5 cm³/mol. The van der Waals surface area contributed by atoms with Crippen molar-refractivity contribution in [3.63, 3.8) is 0 Å². The van der Waals surface area contributed by atoms with Gasteiger partial charge in [-0.25, -0.2) is 9.79 Å². The minimum Gasteiger partial charge on any atom is -0.455 e. The number of aliphatic imine (C=N–C) groups is 1. The third kappa shape index (κ3) is 2.49. The smallest absolute Gasteiger partial charge is 0.338 e. The number of allylic oxidation sites excluding steroid dienone is 1. The quantitative estimate of drug-likeness (QED) is 0.670. The lowest BCUT2D eigenvalue weighted by molar-refractivity contribution is 0.00578. The molecule has 1 rings (SSSR count). The number of nitrogens with zero attached hydrogens (tertiary/aromatic N) is 1. The average Bonchev–Trinajstić information content (AvgIpc) is 2.19. The number of nitrogens with two attached hydrogens (primary N) is 1. The van der Waals surface area contributed by atoms with E-state index in [1.54, 1.807) is 0 Å². The average molecular weight is 212 g/mol. The van der Waals surface area contributed by atoms with Crippen molar-refractivity contribution in [2.45, 2.75) is 38.9 Å². The highest BCUT2D eigenvalue weighted by Gasteiger charge is 2.48. The van der Waals surface area contributed by atoms with Gasteiger partial charge in [0.2, 0.25) is 0 Å². The molecule has 0 spiro atoms.